The zero-order valence-corrected chi connectivity index (χ0v) is 8.71. The minimum Gasteiger partial charge on any atom is -0.467 e. The predicted molar refractivity (Wildman–Crippen MR) is 53.8 cm³/mol. The van der Waals surface area contributed by atoms with Crippen LogP contribution >= 0.6 is 0 Å². The van der Waals surface area contributed by atoms with Gasteiger partial charge in [0.2, 0.25) is 5.95 Å². The third-order valence-electron chi connectivity index (χ3n) is 1.75. The molecular formula is C8H10N4O4. The van der Waals surface area contributed by atoms with E-state index >= 15 is 0 Å². The summed E-state index contributed by atoms with van der Waals surface area (Å²) in [4.78, 5) is 28.1. The molecule has 16 heavy (non-hydrogen) atoms. The highest BCUT2D eigenvalue weighted by Gasteiger charge is 2.14. The predicted octanol–water partition coefficient (Wildman–Crippen LogP) is 0.358. The first-order valence-corrected chi connectivity index (χ1v) is 4.35. The lowest BCUT2D eigenvalue weighted by Gasteiger charge is -2.10. The van der Waals surface area contributed by atoms with Gasteiger partial charge in [0, 0.05) is 0 Å². The Bertz CT molecular complexity index is 392. The number of esters is 1. The summed E-state index contributed by atoms with van der Waals surface area (Å²) in [5.41, 5.74) is -0.212. The summed E-state index contributed by atoms with van der Waals surface area (Å²) in [6.45, 7) is 1.57. The van der Waals surface area contributed by atoms with Gasteiger partial charge in [-0.3, -0.25) is 10.1 Å². The van der Waals surface area contributed by atoms with Crippen molar-refractivity contribution in [2.75, 3.05) is 12.4 Å². The maximum absolute atomic E-state index is 11.0. The molecule has 0 bridgehead atoms. The van der Waals surface area contributed by atoms with Gasteiger partial charge in [-0.05, 0) is 6.92 Å². The van der Waals surface area contributed by atoms with E-state index in [2.05, 4.69) is 20.0 Å². The van der Waals surface area contributed by atoms with E-state index in [1.165, 1.54) is 7.11 Å². The summed E-state index contributed by atoms with van der Waals surface area (Å²) < 4.78 is 4.48. The van der Waals surface area contributed by atoms with Crippen molar-refractivity contribution < 1.29 is 14.5 Å². The van der Waals surface area contributed by atoms with Gasteiger partial charge in [-0.2, -0.15) is 0 Å². The SMILES string of the molecule is COC(=O)C(C)Nc1ncc([N+](=O)[O-])cn1. The Morgan fingerprint density at radius 3 is 2.56 bits per heavy atom. The molecule has 0 saturated carbocycles. The first-order valence-electron chi connectivity index (χ1n) is 4.35. The van der Waals surface area contributed by atoms with E-state index in [9.17, 15) is 14.9 Å². The number of hydrogen-bond acceptors (Lipinski definition) is 7. The lowest BCUT2D eigenvalue weighted by Crippen LogP contribution is -2.28. The quantitative estimate of drug-likeness (QED) is 0.448. The van der Waals surface area contributed by atoms with Crippen LogP contribution in [0.1, 0.15) is 6.92 Å². The molecule has 0 spiro atoms. The minimum absolute atomic E-state index is 0.128. The molecule has 0 aliphatic rings. The fourth-order valence-corrected chi connectivity index (χ4v) is 0.919. The number of nitro groups is 1. The second kappa shape index (κ2) is 5.01. The van der Waals surface area contributed by atoms with Crippen molar-refractivity contribution in [2.24, 2.45) is 0 Å². The van der Waals surface area contributed by atoms with Crippen LogP contribution in [0.4, 0.5) is 11.6 Å². The molecule has 8 heteroatoms. The van der Waals surface area contributed by atoms with Crippen molar-refractivity contribution in [1.29, 1.82) is 0 Å². The molecule has 1 N–H and O–H groups in total. The van der Waals surface area contributed by atoms with Crippen LogP contribution in [0, 0.1) is 10.1 Å². The van der Waals surface area contributed by atoms with Crippen molar-refractivity contribution in [3.8, 4) is 0 Å². The molecule has 1 aromatic rings. The first-order chi connectivity index (χ1) is 7.54. The summed E-state index contributed by atoms with van der Waals surface area (Å²) in [6, 6.07) is -0.619. The monoisotopic (exact) mass is 226 g/mol. The average molecular weight is 226 g/mol. The van der Waals surface area contributed by atoms with Crippen LogP contribution in [-0.2, 0) is 9.53 Å². The summed E-state index contributed by atoms with van der Waals surface area (Å²) in [6.07, 6.45) is 2.11. The average Bonchev–Trinajstić information content (AvgIpc) is 2.28. The summed E-state index contributed by atoms with van der Waals surface area (Å²) in [5.74, 6) is -0.342. The van der Waals surface area contributed by atoms with E-state index in [0.29, 0.717) is 0 Å². The van der Waals surface area contributed by atoms with Gasteiger partial charge < -0.3 is 10.1 Å². The largest absolute Gasteiger partial charge is 0.467 e. The zero-order chi connectivity index (χ0) is 12.1. The van der Waals surface area contributed by atoms with Crippen LogP contribution < -0.4 is 5.32 Å². The number of anilines is 1. The second-order valence-electron chi connectivity index (χ2n) is 2.91. The number of nitrogens with one attached hydrogen (secondary N) is 1. The summed E-state index contributed by atoms with van der Waals surface area (Å²) >= 11 is 0. The van der Waals surface area contributed by atoms with E-state index in [1.54, 1.807) is 6.92 Å². The number of methoxy groups -OCH3 is 1. The lowest BCUT2D eigenvalue weighted by molar-refractivity contribution is -0.385. The van der Waals surface area contributed by atoms with Crippen LogP contribution in [0.25, 0.3) is 0 Å². The van der Waals surface area contributed by atoms with Crippen molar-refractivity contribution in [3.05, 3.63) is 22.5 Å². The molecule has 0 amide bonds. The first kappa shape index (κ1) is 11.8. The smallest absolute Gasteiger partial charge is 0.328 e. The fourth-order valence-electron chi connectivity index (χ4n) is 0.919. The Labute approximate surface area is 90.8 Å². The van der Waals surface area contributed by atoms with E-state index in [0.717, 1.165) is 12.4 Å². The maximum Gasteiger partial charge on any atom is 0.328 e. The Morgan fingerprint density at radius 2 is 2.12 bits per heavy atom. The second-order valence-corrected chi connectivity index (χ2v) is 2.91. The Hall–Kier alpha value is -2.25. The number of carbonyl (C=O) groups excluding carboxylic acids is 1. The van der Waals surface area contributed by atoms with Crippen molar-refractivity contribution >= 4 is 17.6 Å². The van der Waals surface area contributed by atoms with Crippen LogP contribution in [0.5, 0.6) is 0 Å². The summed E-state index contributed by atoms with van der Waals surface area (Å²) in [7, 11) is 1.26. The maximum atomic E-state index is 11.0. The van der Waals surface area contributed by atoms with Gasteiger partial charge in [0.05, 0.1) is 12.0 Å². The molecule has 86 valence electrons. The zero-order valence-electron chi connectivity index (χ0n) is 8.71. The van der Waals surface area contributed by atoms with E-state index in [1.807, 2.05) is 0 Å². The number of carbonyl (C=O) groups is 1. The molecule has 0 aliphatic heterocycles. The highest BCUT2D eigenvalue weighted by Crippen LogP contribution is 2.08. The molecule has 1 aromatic heterocycles. The van der Waals surface area contributed by atoms with E-state index < -0.39 is 16.9 Å². The van der Waals surface area contributed by atoms with Gasteiger partial charge in [0.1, 0.15) is 18.4 Å². The van der Waals surface area contributed by atoms with E-state index in [4.69, 9.17) is 0 Å². The minimum atomic E-state index is -0.619. The number of hydrogen-bond donors (Lipinski definition) is 1. The van der Waals surface area contributed by atoms with Crippen molar-refractivity contribution in [1.82, 2.24) is 9.97 Å². The topological polar surface area (TPSA) is 107 Å². The standard InChI is InChI=1S/C8H10N4O4/c1-5(7(13)16-2)11-8-9-3-6(4-10-8)12(14)15/h3-5H,1-2H3,(H,9,10,11). The van der Waals surface area contributed by atoms with Crippen molar-refractivity contribution in [3.63, 3.8) is 0 Å². The molecular weight excluding hydrogens is 216 g/mol. The Kier molecular flexibility index (Phi) is 3.70. The highest BCUT2D eigenvalue weighted by molar-refractivity contribution is 5.77. The molecule has 0 saturated heterocycles. The fraction of sp³-hybridized carbons (Fsp3) is 0.375. The normalized spacial score (nSPS) is 11.6. The van der Waals surface area contributed by atoms with Gasteiger partial charge in [-0.25, -0.2) is 14.8 Å². The number of ether oxygens (including phenoxy) is 1. The molecule has 8 nitrogen and oxygen atoms in total. The van der Waals surface area contributed by atoms with Crippen LogP contribution in [0.15, 0.2) is 12.4 Å². The van der Waals surface area contributed by atoms with Gasteiger partial charge in [-0.1, -0.05) is 0 Å². The van der Waals surface area contributed by atoms with Crippen molar-refractivity contribution in [2.45, 2.75) is 13.0 Å². The molecule has 0 fully saturated rings. The van der Waals surface area contributed by atoms with Gasteiger partial charge >= 0.3 is 11.7 Å². The molecule has 1 rings (SSSR count). The van der Waals surface area contributed by atoms with Gasteiger partial charge in [0.15, 0.2) is 0 Å². The third kappa shape index (κ3) is 2.87. The molecule has 0 radical (unpaired) electrons. The number of nitrogens with zero attached hydrogens (tertiary/aromatic N) is 3. The number of aromatic nitrogens is 2. The highest BCUT2D eigenvalue weighted by atomic mass is 16.6. The Balaban J connectivity index is 2.68. The molecule has 1 heterocycles. The molecule has 1 atom stereocenters. The lowest BCUT2D eigenvalue weighted by atomic mass is 10.3. The molecule has 0 aliphatic carbocycles. The van der Waals surface area contributed by atoms with E-state index in [-0.39, 0.29) is 11.6 Å². The van der Waals surface area contributed by atoms with Crippen LogP contribution in [0.3, 0.4) is 0 Å². The number of rotatable bonds is 4. The van der Waals surface area contributed by atoms with Crippen LogP contribution in [0.2, 0.25) is 0 Å². The van der Waals surface area contributed by atoms with Crippen LogP contribution in [-0.4, -0.2) is 34.0 Å². The Morgan fingerprint density at radius 1 is 1.56 bits per heavy atom. The molecule has 0 aromatic carbocycles. The third-order valence-corrected chi connectivity index (χ3v) is 1.75. The summed E-state index contributed by atoms with van der Waals surface area (Å²) in [5, 5.41) is 13.0. The molecule has 1 unspecified atom stereocenters. The van der Waals surface area contributed by atoms with Gasteiger partial charge in [0.25, 0.3) is 0 Å². The van der Waals surface area contributed by atoms with Gasteiger partial charge in [-0.15, -0.1) is 0 Å².